The minimum atomic E-state index is -0.717. The van der Waals surface area contributed by atoms with Crippen molar-refractivity contribution in [2.75, 3.05) is 13.7 Å². The number of hydrogen-bond acceptors (Lipinski definition) is 6. The van der Waals surface area contributed by atoms with E-state index in [9.17, 15) is 4.39 Å². The normalized spacial score (nSPS) is 12.4. The Kier molecular flexibility index (Phi) is 3.54. The number of benzene rings is 1. The molecule has 2 aromatic rings. The molecule has 0 saturated heterocycles. The number of aliphatic hydroxyl groups excluding tert-OH is 1. The van der Waals surface area contributed by atoms with E-state index in [1.807, 2.05) is 0 Å². The Hall–Kier alpha value is -1.99. The summed E-state index contributed by atoms with van der Waals surface area (Å²) in [5.41, 5.74) is 5.95. The van der Waals surface area contributed by atoms with Crippen molar-refractivity contribution in [3.05, 3.63) is 29.8 Å². The lowest BCUT2D eigenvalue weighted by Gasteiger charge is -2.02. The van der Waals surface area contributed by atoms with Gasteiger partial charge in [-0.2, -0.15) is 4.98 Å². The molecule has 0 aliphatic carbocycles. The molecule has 0 bridgehead atoms. The molecular weight excluding hydrogens is 241 g/mol. The van der Waals surface area contributed by atoms with Crippen molar-refractivity contribution in [3.8, 4) is 17.2 Å². The standard InChI is InChI=1S/C11H12FN3O3/c1-17-9-3-2-6(4-7(9)12)11-14-10(15-18-11)8(13)5-16/h2-4,8,16H,5,13H2,1H3. The summed E-state index contributed by atoms with van der Waals surface area (Å²) in [6.07, 6.45) is 0. The first-order valence-electron chi connectivity index (χ1n) is 5.19. The molecule has 0 spiro atoms. The van der Waals surface area contributed by atoms with Gasteiger partial charge in [-0.05, 0) is 18.2 Å². The lowest BCUT2D eigenvalue weighted by Crippen LogP contribution is -2.15. The number of hydrogen-bond donors (Lipinski definition) is 2. The van der Waals surface area contributed by atoms with E-state index in [1.165, 1.54) is 19.2 Å². The second kappa shape index (κ2) is 5.11. The van der Waals surface area contributed by atoms with Crippen molar-refractivity contribution in [2.45, 2.75) is 6.04 Å². The van der Waals surface area contributed by atoms with Gasteiger partial charge in [0.2, 0.25) is 0 Å². The SMILES string of the molecule is COc1ccc(-c2nc(C(N)CO)no2)cc1F. The number of ether oxygens (including phenoxy) is 1. The minimum Gasteiger partial charge on any atom is -0.494 e. The molecule has 1 heterocycles. The summed E-state index contributed by atoms with van der Waals surface area (Å²) >= 11 is 0. The Balaban J connectivity index is 2.31. The van der Waals surface area contributed by atoms with Gasteiger partial charge in [-0.15, -0.1) is 0 Å². The third kappa shape index (κ3) is 2.31. The second-order valence-corrected chi connectivity index (χ2v) is 3.60. The predicted molar refractivity (Wildman–Crippen MR) is 60.3 cm³/mol. The lowest BCUT2D eigenvalue weighted by atomic mass is 10.2. The van der Waals surface area contributed by atoms with Crippen LogP contribution >= 0.6 is 0 Å². The lowest BCUT2D eigenvalue weighted by molar-refractivity contribution is 0.260. The number of halogens is 1. The molecule has 1 unspecified atom stereocenters. The molecule has 2 rings (SSSR count). The number of rotatable bonds is 4. The maximum Gasteiger partial charge on any atom is 0.258 e. The highest BCUT2D eigenvalue weighted by Gasteiger charge is 2.15. The van der Waals surface area contributed by atoms with Crippen molar-refractivity contribution in [3.63, 3.8) is 0 Å². The van der Waals surface area contributed by atoms with Crippen molar-refractivity contribution >= 4 is 0 Å². The third-order valence-corrected chi connectivity index (χ3v) is 2.37. The first-order chi connectivity index (χ1) is 8.65. The van der Waals surface area contributed by atoms with Crippen molar-refractivity contribution in [1.82, 2.24) is 10.1 Å². The van der Waals surface area contributed by atoms with Crippen LogP contribution in [-0.4, -0.2) is 29.0 Å². The zero-order valence-electron chi connectivity index (χ0n) is 9.63. The number of aromatic nitrogens is 2. The van der Waals surface area contributed by atoms with Crippen molar-refractivity contribution in [1.29, 1.82) is 0 Å². The average molecular weight is 253 g/mol. The van der Waals surface area contributed by atoms with Gasteiger partial charge in [0.25, 0.3) is 5.89 Å². The van der Waals surface area contributed by atoms with E-state index in [4.69, 9.17) is 20.1 Å². The highest BCUT2D eigenvalue weighted by atomic mass is 19.1. The van der Waals surface area contributed by atoms with Crippen LogP contribution in [-0.2, 0) is 0 Å². The Morgan fingerprint density at radius 3 is 2.94 bits per heavy atom. The third-order valence-electron chi connectivity index (χ3n) is 2.37. The summed E-state index contributed by atoms with van der Waals surface area (Å²) in [5.74, 6) is -0.0917. The van der Waals surface area contributed by atoms with E-state index in [2.05, 4.69) is 10.1 Å². The Morgan fingerprint density at radius 2 is 2.33 bits per heavy atom. The Bertz CT molecular complexity index is 544. The number of methoxy groups -OCH3 is 1. The quantitative estimate of drug-likeness (QED) is 0.839. The summed E-state index contributed by atoms with van der Waals surface area (Å²) in [7, 11) is 1.38. The van der Waals surface area contributed by atoms with Crippen LogP contribution in [0.15, 0.2) is 22.7 Å². The van der Waals surface area contributed by atoms with Gasteiger partial charge in [0.15, 0.2) is 17.4 Å². The molecule has 1 atom stereocenters. The first-order valence-corrected chi connectivity index (χ1v) is 5.19. The molecule has 96 valence electrons. The predicted octanol–water partition coefficient (Wildman–Crippen LogP) is 0.876. The van der Waals surface area contributed by atoms with Gasteiger partial charge in [0.05, 0.1) is 19.8 Å². The van der Waals surface area contributed by atoms with Gasteiger partial charge in [-0.25, -0.2) is 4.39 Å². The van der Waals surface area contributed by atoms with Gasteiger partial charge in [-0.1, -0.05) is 5.16 Å². The molecule has 3 N–H and O–H groups in total. The van der Waals surface area contributed by atoms with Crippen LogP contribution < -0.4 is 10.5 Å². The topological polar surface area (TPSA) is 94.4 Å². The van der Waals surface area contributed by atoms with Gasteiger partial charge >= 0.3 is 0 Å². The average Bonchev–Trinajstić information content (AvgIpc) is 2.87. The molecule has 7 heteroatoms. The van der Waals surface area contributed by atoms with Crippen LogP contribution in [0.3, 0.4) is 0 Å². The molecule has 0 fully saturated rings. The first kappa shape index (κ1) is 12.5. The Labute approximate surface area is 102 Å². The molecule has 1 aromatic heterocycles. The fourth-order valence-electron chi connectivity index (χ4n) is 1.38. The minimum absolute atomic E-state index is 0.130. The molecule has 0 aliphatic heterocycles. The summed E-state index contributed by atoms with van der Waals surface area (Å²) in [5, 5.41) is 12.5. The van der Waals surface area contributed by atoms with Gasteiger partial charge in [-0.3, -0.25) is 0 Å². The summed E-state index contributed by atoms with van der Waals surface area (Å²) in [6.45, 7) is -0.296. The highest BCUT2D eigenvalue weighted by Crippen LogP contribution is 2.24. The van der Waals surface area contributed by atoms with Crippen LogP contribution in [0.5, 0.6) is 5.75 Å². The monoisotopic (exact) mass is 253 g/mol. The molecule has 1 aromatic carbocycles. The Morgan fingerprint density at radius 1 is 1.56 bits per heavy atom. The summed E-state index contributed by atoms with van der Waals surface area (Å²) in [6, 6.07) is 3.55. The largest absolute Gasteiger partial charge is 0.494 e. The molecule has 18 heavy (non-hydrogen) atoms. The van der Waals surface area contributed by atoms with E-state index in [0.29, 0.717) is 5.56 Å². The van der Waals surface area contributed by atoms with Gasteiger partial charge < -0.3 is 20.1 Å². The number of nitrogens with two attached hydrogens (primary N) is 1. The molecule has 0 aliphatic rings. The fraction of sp³-hybridized carbons (Fsp3) is 0.273. The zero-order chi connectivity index (χ0) is 13.1. The molecule has 0 amide bonds. The maximum atomic E-state index is 13.5. The van der Waals surface area contributed by atoms with E-state index < -0.39 is 11.9 Å². The van der Waals surface area contributed by atoms with Gasteiger partial charge in [0, 0.05) is 5.56 Å². The van der Waals surface area contributed by atoms with E-state index in [0.717, 1.165) is 0 Å². The summed E-state index contributed by atoms with van der Waals surface area (Å²) < 4.78 is 23.2. The fourth-order valence-corrected chi connectivity index (χ4v) is 1.38. The second-order valence-electron chi connectivity index (χ2n) is 3.60. The maximum absolute atomic E-state index is 13.5. The van der Waals surface area contributed by atoms with E-state index in [-0.39, 0.29) is 24.1 Å². The van der Waals surface area contributed by atoms with E-state index >= 15 is 0 Å². The van der Waals surface area contributed by atoms with Crippen LogP contribution in [0.4, 0.5) is 4.39 Å². The van der Waals surface area contributed by atoms with Crippen LogP contribution in [0, 0.1) is 5.82 Å². The molecule has 0 radical (unpaired) electrons. The smallest absolute Gasteiger partial charge is 0.258 e. The van der Waals surface area contributed by atoms with Gasteiger partial charge in [0.1, 0.15) is 0 Å². The van der Waals surface area contributed by atoms with Crippen molar-refractivity contribution < 1.29 is 18.8 Å². The molecule has 0 saturated carbocycles. The highest BCUT2D eigenvalue weighted by molar-refractivity contribution is 5.54. The van der Waals surface area contributed by atoms with Crippen molar-refractivity contribution in [2.24, 2.45) is 5.73 Å². The van der Waals surface area contributed by atoms with Crippen LogP contribution in [0.2, 0.25) is 0 Å². The molecular formula is C11H12FN3O3. The van der Waals surface area contributed by atoms with Crippen LogP contribution in [0.25, 0.3) is 11.5 Å². The molecule has 6 nitrogen and oxygen atoms in total. The van der Waals surface area contributed by atoms with Crippen LogP contribution in [0.1, 0.15) is 11.9 Å². The summed E-state index contributed by atoms with van der Waals surface area (Å²) in [4.78, 5) is 3.98. The van der Waals surface area contributed by atoms with E-state index in [1.54, 1.807) is 6.07 Å². The zero-order valence-corrected chi connectivity index (χ0v) is 9.63. The number of aliphatic hydroxyl groups is 1. The number of nitrogens with zero attached hydrogens (tertiary/aromatic N) is 2.